The number of carboxylic acids is 1. The van der Waals surface area contributed by atoms with Gasteiger partial charge in [0.2, 0.25) is 0 Å². The van der Waals surface area contributed by atoms with Gasteiger partial charge in [-0.15, -0.1) is 0 Å². The summed E-state index contributed by atoms with van der Waals surface area (Å²) in [6.07, 6.45) is 9.26. The Hall–Kier alpha value is -1.35. The standard InChI is InChI=1S/C18H25NO2/c20-18(21)17-8-4-7-15-13-19(12-10-16(15)17)11-9-14-5-2-1-3-6-14/h4,7-8,14H,1-3,5-6,9-13H2,(H,20,21). The zero-order valence-electron chi connectivity index (χ0n) is 12.7. The van der Waals surface area contributed by atoms with Crippen molar-refractivity contribution in [2.45, 2.75) is 51.5 Å². The maximum absolute atomic E-state index is 11.3. The van der Waals surface area contributed by atoms with Crippen molar-refractivity contribution in [2.24, 2.45) is 5.92 Å². The number of hydrogen-bond acceptors (Lipinski definition) is 2. The van der Waals surface area contributed by atoms with Gasteiger partial charge in [-0.3, -0.25) is 4.90 Å². The topological polar surface area (TPSA) is 40.5 Å². The van der Waals surface area contributed by atoms with E-state index >= 15 is 0 Å². The zero-order valence-corrected chi connectivity index (χ0v) is 12.7. The summed E-state index contributed by atoms with van der Waals surface area (Å²) in [6, 6.07) is 5.71. The summed E-state index contributed by atoms with van der Waals surface area (Å²) in [6.45, 7) is 3.09. The Morgan fingerprint density at radius 2 is 2.05 bits per heavy atom. The lowest BCUT2D eigenvalue weighted by Crippen LogP contribution is -2.33. The molecule has 114 valence electrons. The molecule has 1 aliphatic carbocycles. The van der Waals surface area contributed by atoms with Crippen LogP contribution in [0.25, 0.3) is 0 Å². The van der Waals surface area contributed by atoms with Gasteiger partial charge < -0.3 is 5.11 Å². The minimum Gasteiger partial charge on any atom is -0.478 e. The lowest BCUT2D eigenvalue weighted by atomic mass is 9.86. The van der Waals surface area contributed by atoms with Crippen molar-refractivity contribution in [3.8, 4) is 0 Å². The van der Waals surface area contributed by atoms with Crippen molar-refractivity contribution in [2.75, 3.05) is 13.1 Å². The van der Waals surface area contributed by atoms with Crippen LogP contribution in [-0.4, -0.2) is 29.1 Å². The number of hydrogen-bond donors (Lipinski definition) is 1. The van der Waals surface area contributed by atoms with Crippen LogP contribution in [0.4, 0.5) is 0 Å². The molecular weight excluding hydrogens is 262 g/mol. The quantitative estimate of drug-likeness (QED) is 0.917. The van der Waals surface area contributed by atoms with Crippen LogP contribution in [0.15, 0.2) is 18.2 Å². The molecule has 1 heterocycles. The fraction of sp³-hybridized carbons (Fsp3) is 0.611. The van der Waals surface area contributed by atoms with Gasteiger partial charge in [0.25, 0.3) is 0 Å². The van der Waals surface area contributed by atoms with Crippen LogP contribution in [0, 0.1) is 5.92 Å². The SMILES string of the molecule is O=C(O)c1cccc2c1CCN(CCC1CCCCC1)C2. The number of fused-ring (bicyclic) bond motifs is 1. The molecule has 1 aromatic carbocycles. The van der Waals surface area contributed by atoms with Gasteiger partial charge in [0.15, 0.2) is 0 Å². The van der Waals surface area contributed by atoms with Crippen molar-refractivity contribution in [1.29, 1.82) is 0 Å². The molecule has 1 aromatic rings. The molecule has 1 fully saturated rings. The van der Waals surface area contributed by atoms with E-state index in [0.717, 1.165) is 31.0 Å². The predicted molar refractivity (Wildman–Crippen MR) is 83.6 cm³/mol. The Bertz CT molecular complexity index is 506. The summed E-state index contributed by atoms with van der Waals surface area (Å²) in [5.74, 6) is 0.132. The summed E-state index contributed by atoms with van der Waals surface area (Å²) in [5, 5.41) is 9.27. The first kappa shape index (κ1) is 14.6. The average Bonchev–Trinajstić information content (AvgIpc) is 2.53. The Balaban J connectivity index is 1.59. The molecule has 3 nitrogen and oxygen atoms in total. The first-order chi connectivity index (χ1) is 10.2. The minimum atomic E-state index is -0.789. The third kappa shape index (κ3) is 3.46. The van der Waals surface area contributed by atoms with Crippen molar-refractivity contribution >= 4 is 5.97 Å². The van der Waals surface area contributed by atoms with Crippen LogP contribution >= 0.6 is 0 Å². The van der Waals surface area contributed by atoms with Crippen LogP contribution in [0.5, 0.6) is 0 Å². The molecule has 0 amide bonds. The van der Waals surface area contributed by atoms with E-state index in [-0.39, 0.29) is 0 Å². The Morgan fingerprint density at radius 1 is 1.24 bits per heavy atom. The van der Waals surface area contributed by atoms with Gasteiger partial charge in [0, 0.05) is 13.1 Å². The second-order valence-corrected chi connectivity index (χ2v) is 6.57. The highest BCUT2D eigenvalue weighted by atomic mass is 16.4. The van der Waals surface area contributed by atoms with Crippen LogP contribution < -0.4 is 0 Å². The van der Waals surface area contributed by atoms with E-state index in [4.69, 9.17) is 0 Å². The van der Waals surface area contributed by atoms with E-state index in [9.17, 15) is 9.90 Å². The van der Waals surface area contributed by atoms with E-state index in [2.05, 4.69) is 11.0 Å². The van der Waals surface area contributed by atoms with Gasteiger partial charge in [-0.25, -0.2) is 4.79 Å². The summed E-state index contributed by atoms with van der Waals surface area (Å²) in [4.78, 5) is 13.8. The molecule has 1 aliphatic heterocycles. The minimum absolute atomic E-state index is 0.499. The molecule has 1 N–H and O–H groups in total. The van der Waals surface area contributed by atoms with Crippen molar-refractivity contribution in [3.63, 3.8) is 0 Å². The highest BCUT2D eigenvalue weighted by Crippen LogP contribution is 2.28. The Morgan fingerprint density at radius 3 is 2.81 bits per heavy atom. The second-order valence-electron chi connectivity index (χ2n) is 6.57. The van der Waals surface area contributed by atoms with Crippen LogP contribution in [0.1, 0.15) is 60.0 Å². The van der Waals surface area contributed by atoms with Crippen LogP contribution in [0.3, 0.4) is 0 Å². The summed E-state index contributed by atoms with van der Waals surface area (Å²) < 4.78 is 0. The van der Waals surface area contributed by atoms with E-state index in [1.165, 1.54) is 50.6 Å². The van der Waals surface area contributed by atoms with Gasteiger partial charge in [-0.1, -0.05) is 44.2 Å². The normalized spacial score (nSPS) is 20.2. The third-order valence-corrected chi connectivity index (χ3v) is 5.15. The fourth-order valence-electron chi connectivity index (χ4n) is 3.90. The molecular formula is C18H25NO2. The molecule has 21 heavy (non-hydrogen) atoms. The lowest BCUT2D eigenvalue weighted by Gasteiger charge is -2.31. The monoisotopic (exact) mass is 287 g/mol. The number of benzene rings is 1. The van der Waals surface area contributed by atoms with Crippen molar-refractivity contribution < 1.29 is 9.90 Å². The van der Waals surface area contributed by atoms with Crippen LogP contribution in [-0.2, 0) is 13.0 Å². The molecule has 0 bridgehead atoms. The summed E-state index contributed by atoms with van der Waals surface area (Å²) >= 11 is 0. The summed E-state index contributed by atoms with van der Waals surface area (Å²) in [5.41, 5.74) is 2.77. The highest BCUT2D eigenvalue weighted by Gasteiger charge is 2.22. The molecule has 0 radical (unpaired) electrons. The van der Waals surface area contributed by atoms with E-state index in [1.807, 2.05) is 6.07 Å². The number of carboxylic acid groups (broad SMARTS) is 1. The molecule has 3 rings (SSSR count). The number of carbonyl (C=O) groups is 1. The molecule has 3 heteroatoms. The van der Waals surface area contributed by atoms with Gasteiger partial charge in [-0.05, 0) is 42.5 Å². The maximum Gasteiger partial charge on any atom is 0.335 e. The van der Waals surface area contributed by atoms with E-state index < -0.39 is 5.97 Å². The van der Waals surface area contributed by atoms with Crippen molar-refractivity contribution in [1.82, 2.24) is 4.90 Å². The number of rotatable bonds is 4. The molecule has 0 saturated heterocycles. The molecule has 2 aliphatic rings. The Kier molecular flexibility index (Phi) is 4.59. The largest absolute Gasteiger partial charge is 0.478 e. The molecule has 0 atom stereocenters. The Labute approximate surface area is 127 Å². The highest BCUT2D eigenvalue weighted by molar-refractivity contribution is 5.89. The number of aromatic carboxylic acids is 1. The van der Waals surface area contributed by atoms with Gasteiger partial charge >= 0.3 is 5.97 Å². The molecule has 0 aromatic heterocycles. The summed E-state index contributed by atoms with van der Waals surface area (Å²) in [7, 11) is 0. The lowest BCUT2D eigenvalue weighted by molar-refractivity contribution is 0.0694. The van der Waals surface area contributed by atoms with Crippen molar-refractivity contribution in [3.05, 3.63) is 34.9 Å². The van der Waals surface area contributed by atoms with Gasteiger partial charge in [-0.2, -0.15) is 0 Å². The van der Waals surface area contributed by atoms with E-state index in [0.29, 0.717) is 5.56 Å². The fourth-order valence-corrected chi connectivity index (χ4v) is 3.90. The van der Waals surface area contributed by atoms with Crippen LogP contribution in [0.2, 0.25) is 0 Å². The van der Waals surface area contributed by atoms with E-state index in [1.54, 1.807) is 6.07 Å². The smallest absolute Gasteiger partial charge is 0.335 e. The third-order valence-electron chi connectivity index (χ3n) is 5.15. The van der Waals surface area contributed by atoms with Gasteiger partial charge in [0.1, 0.15) is 0 Å². The maximum atomic E-state index is 11.3. The molecule has 0 spiro atoms. The molecule has 0 unspecified atom stereocenters. The van der Waals surface area contributed by atoms with Gasteiger partial charge in [0.05, 0.1) is 5.56 Å². The first-order valence-corrected chi connectivity index (χ1v) is 8.30. The second kappa shape index (κ2) is 6.61. The predicted octanol–water partition coefficient (Wildman–Crippen LogP) is 3.71. The number of nitrogens with zero attached hydrogens (tertiary/aromatic N) is 1. The molecule has 1 saturated carbocycles. The average molecular weight is 287 g/mol. The zero-order chi connectivity index (χ0) is 14.7. The first-order valence-electron chi connectivity index (χ1n) is 8.30.